The van der Waals surface area contributed by atoms with Crippen LogP contribution >= 0.6 is 23.2 Å². The Bertz CT molecular complexity index is 1430. The average Bonchev–Trinajstić information content (AvgIpc) is 3.38. The predicted molar refractivity (Wildman–Crippen MR) is 139 cm³/mol. The molecule has 0 saturated carbocycles. The van der Waals surface area contributed by atoms with Gasteiger partial charge in [-0.2, -0.15) is 0 Å². The molecule has 0 aliphatic heterocycles. The van der Waals surface area contributed by atoms with Gasteiger partial charge in [-0.3, -0.25) is 4.79 Å². The molecule has 0 radical (unpaired) electrons. The Morgan fingerprint density at radius 2 is 1.31 bits per heavy atom. The van der Waals surface area contributed by atoms with Crippen LogP contribution in [0.5, 0.6) is 0 Å². The van der Waals surface area contributed by atoms with Gasteiger partial charge < -0.3 is 9.73 Å². The van der Waals surface area contributed by atoms with Crippen LogP contribution in [0.3, 0.4) is 0 Å². The molecule has 0 spiro atoms. The van der Waals surface area contributed by atoms with Gasteiger partial charge in [-0.05, 0) is 41.5 Å². The largest absolute Gasteiger partial charge is 0.416 e. The molecule has 7 heteroatoms. The molecule has 0 aliphatic carbocycles. The smallest absolute Gasteiger partial charge is 0.250 e. The van der Waals surface area contributed by atoms with E-state index in [4.69, 9.17) is 27.6 Å². The molecule has 0 saturated heterocycles. The highest BCUT2D eigenvalue weighted by Crippen LogP contribution is 2.33. The third-order valence-electron chi connectivity index (χ3n) is 5.53. The van der Waals surface area contributed by atoms with Gasteiger partial charge in [0.2, 0.25) is 17.7 Å². The number of nitrogens with zero attached hydrogens (tertiary/aromatic N) is 2. The van der Waals surface area contributed by atoms with E-state index in [0.717, 1.165) is 11.1 Å². The van der Waals surface area contributed by atoms with Crippen molar-refractivity contribution in [3.63, 3.8) is 0 Å². The van der Waals surface area contributed by atoms with Crippen LogP contribution in [0.1, 0.15) is 17.0 Å². The van der Waals surface area contributed by atoms with Gasteiger partial charge in [-0.25, -0.2) is 0 Å². The minimum atomic E-state index is -0.486. The molecule has 5 nitrogen and oxygen atoms in total. The summed E-state index contributed by atoms with van der Waals surface area (Å²) in [6, 6.07) is 31.8. The third-order valence-corrected chi connectivity index (χ3v) is 6.27. The molecule has 1 aromatic heterocycles. The monoisotopic (exact) mass is 499 g/mol. The van der Waals surface area contributed by atoms with E-state index in [9.17, 15) is 4.79 Å². The SMILES string of the molecule is O=C(Nc1ccccc1-c1nnc(-c2ccc(Cl)c(Cl)c2)o1)C(c1ccccc1)c1ccccc1. The van der Waals surface area contributed by atoms with Crippen LogP contribution < -0.4 is 5.32 Å². The number of benzene rings is 4. The zero-order chi connectivity index (χ0) is 24.2. The van der Waals surface area contributed by atoms with E-state index < -0.39 is 5.92 Å². The van der Waals surface area contributed by atoms with Gasteiger partial charge in [0.05, 0.1) is 27.2 Å². The molecule has 5 aromatic rings. The Kier molecular flexibility index (Phi) is 6.62. The van der Waals surface area contributed by atoms with Crippen molar-refractivity contribution in [2.45, 2.75) is 5.92 Å². The molecule has 0 bridgehead atoms. The first-order valence-corrected chi connectivity index (χ1v) is 11.6. The maximum atomic E-state index is 13.6. The molecule has 4 aromatic carbocycles. The second kappa shape index (κ2) is 10.1. The van der Waals surface area contributed by atoms with E-state index in [1.165, 1.54) is 0 Å². The lowest BCUT2D eigenvalue weighted by Gasteiger charge is -2.18. The molecule has 0 atom stereocenters. The number of carbonyl (C=O) groups excluding carboxylic acids is 1. The maximum Gasteiger partial charge on any atom is 0.250 e. The van der Waals surface area contributed by atoms with Crippen molar-refractivity contribution in [2.24, 2.45) is 0 Å². The van der Waals surface area contributed by atoms with Crippen molar-refractivity contribution in [2.75, 3.05) is 5.32 Å². The van der Waals surface area contributed by atoms with Crippen molar-refractivity contribution >= 4 is 34.8 Å². The van der Waals surface area contributed by atoms with Crippen molar-refractivity contribution < 1.29 is 9.21 Å². The molecular formula is C28H19Cl2N3O2. The normalized spacial score (nSPS) is 10.9. The molecule has 35 heavy (non-hydrogen) atoms. The Hall–Kier alpha value is -3.93. The lowest BCUT2D eigenvalue weighted by Crippen LogP contribution is -2.22. The summed E-state index contributed by atoms with van der Waals surface area (Å²) < 4.78 is 5.93. The molecule has 0 unspecified atom stereocenters. The van der Waals surface area contributed by atoms with Crippen molar-refractivity contribution in [3.8, 4) is 22.9 Å². The number of amides is 1. The number of anilines is 1. The number of hydrogen-bond donors (Lipinski definition) is 1. The fourth-order valence-electron chi connectivity index (χ4n) is 3.85. The summed E-state index contributed by atoms with van der Waals surface area (Å²) in [5.74, 6) is -0.0805. The highest BCUT2D eigenvalue weighted by atomic mass is 35.5. The summed E-state index contributed by atoms with van der Waals surface area (Å²) in [4.78, 5) is 13.6. The Morgan fingerprint density at radius 3 is 1.97 bits per heavy atom. The van der Waals surface area contributed by atoms with E-state index in [2.05, 4.69) is 15.5 Å². The van der Waals surface area contributed by atoms with Gasteiger partial charge in [0.15, 0.2) is 0 Å². The van der Waals surface area contributed by atoms with E-state index >= 15 is 0 Å². The lowest BCUT2D eigenvalue weighted by atomic mass is 9.90. The highest BCUT2D eigenvalue weighted by Gasteiger charge is 2.24. The minimum absolute atomic E-state index is 0.168. The molecular weight excluding hydrogens is 481 g/mol. The summed E-state index contributed by atoms with van der Waals surface area (Å²) in [6.07, 6.45) is 0. The molecule has 0 aliphatic rings. The first kappa shape index (κ1) is 22.8. The van der Waals surface area contributed by atoms with Crippen molar-refractivity contribution in [1.29, 1.82) is 0 Å². The molecule has 0 fully saturated rings. The topological polar surface area (TPSA) is 68.0 Å². The Balaban J connectivity index is 1.47. The molecule has 172 valence electrons. The van der Waals surface area contributed by atoms with Gasteiger partial charge in [0.1, 0.15) is 0 Å². The fourth-order valence-corrected chi connectivity index (χ4v) is 4.15. The Morgan fingerprint density at radius 1 is 0.714 bits per heavy atom. The first-order valence-electron chi connectivity index (χ1n) is 10.9. The quantitative estimate of drug-likeness (QED) is 0.263. The standard InChI is InChI=1S/C28H19Cl2N3O2/c29-22-16-15-20(17-23(22)30)27-32-33-28(35-27)21-13-7-8-14-24(21)31-26(34)25(18-9-3-1-4-10-18)19-11-5-2-6-12-19/h1-17,25H,(H,31,34). The van der Waals surface area contributed by atoms with Crippen molar-refractivity contribution in [1.82, 2.24) is 10.2 Å². The fraction of sp³-hybridized carbons (Fsp3) is 0.0357. The number of hydrogen-bond acceptors (Lipinski definition) is 4. The van der Waals surface area contributed by atoms with Crippen LogP contribution in [0, 0.1) is 0 Å². The predicted octanol–water partition coefficient (Wildman–Crippen LogP) is 7.48. The second-order valence-corrected chi connectivity index (χ2v) is 8.64. The molecule has 1 heterocycles. The van der Waals surface area contributed by atoms with Gasteiger partial charge >= 0.3 is 0 Å². The summed E-state index contributed by atoms with van der Waals surface area (Å²) in [5, 5.41) is 12.3. The average molecular weight is 500 g/mol. The summed E-state index contributed by atoms with van der Waals surface area (Å²) >= 11 is 12.1. The van der Waals surface area contributed by atoms with E-state index in [1.807, 2.05) is 84.9 Å². The highest BCUT2D eigenvalue weighted by molar-refractivity contribution is 6.42. The number of halogens is 2. The van der Waals surface area contributed by atoms with Crippen LogP contribution in [0.25, 0.3) is 22.9 Å². The summed E-state index contributed by atoms with van der Waals surface area (Å²) in [5.41, 5.74) is 3.62. The lowest BCUT2D eigenvalue weighted by molar-refractivity contribution is -0.116. The van der Waals surface area contributed by atoms with Crippen molar-refractivity contribution in [3.05, 3.63) is 124 Å². The number of para-hydroxylation sites is 1. The van der Waals surface area contributed by atoms with E-state index in [1.54, 1.807) is 18.2 Å². The van der Waals surface area contributed by atoms with Gasteiger partial charge in [0.25, 0.3) is 0 Å². The number of carbonyl (C=O) groups is 1. The van der Waals surface area contributed by atoms with E-state index in [-0.39, 0.29) is 11.8 Å². The zero-order valence-electron chi connectivity index (χ0n) is 18.4. The van der Waals surface area contributed by atoms with Gasteiger partial charge in [-0.1, -0.05) is 96.0 Å². The zero-order valence-corrected chi connectivity index (χ0v) is 19.9. The summed E-state index contributed by atoms with van der Waals surface area (Å²) in [7, 11) is 0. The number of aromatic nitrogens is 2. The first-order chi connectivity index (χ1) is 17.1. The van der Waals surface area contributed by atoms with Gasteiger partial charge in [0, 0.05) is 5.56 Å². The molecule has 5 rings (SSSR count). The van der Waals surface area contributed by atoms with Crippen LogP contribution in [-0.4, -0.2) is 16.1 Å². The van der Waals surface area contributed by atoms with Crippen LogP contribution in [0.15, 0.2) is 108 Å². The van der Waals surface area contributed by atoms with Crippen LogP contribution in [0.2, 0.25) is 10.0 Å². The van der Waals surface area contributed by atoms with E-state index in [0.29, 0.717) is 32.8 Å². The van der Waals surface area contributed by atoms with Crippen LogP contribution in [0.4, 0.5) is 5.69 Å². The number of nitrogens with one attached hydrogen (secondary N) is 1. The maximum absolute atomic E-state index is 13.6. The molecule has 1 N–H and O–H groups in total. The van der Waals surface area contributed by atoms with Crippen LogP contribution in [-0.2, 0) is 4.79 Å². The summed E-state index contributed by atoms with van der Waals surface area (Å²) in [6.45, 7) is 0. The van der Waals surface area contributed by atoms with Gasteiger partial charge in [-0.15, -0.1) is 10.2 Å². The minimum Gasteiger partial charge on any atom is -0.416 e. The second-order valence-electron chi connectivity index (χ2n) is 7.83. The third kappa shape index (κ3) is 4.97. The molecule has 1 amide bonds. The number of rotatable bonds is 6. The Labute approximate surface area is 212 Å².